The second kappa shape index (κ2) is 7.27. The molecule has 0 amide bonds. The van der Waals surface area contributed by atoms with Gasteiger partial charge in [0.15, 0.2) is 0 Å². The molecule has 2 aromatic carbocycles. The number of imidazole rings is 1. The Kier molecular flexibility index (Phi) is 4.85. The van der Waals surface area contributed by atoms with Crippen molar-refractivity contribution in [3.05, 3.63) is 69.6 Å². The van der Waals surface area contributed by atoms with Gasteiger partial charge in [-0.05, 0) is 31.0 Å². The minimum absolute atomic E-state index is 0.0410. The number of nitrogens with one attached hydrogen (secondary N) is 1. The Morgan fingerprint density at radius 2 is 1.81 bits per heavy atom. The maximum absolute atomic E-state index is 12.4. The Labute approximate surface area is 156 Å². The molecular formula is C20H22ClN3O2. The summed E-state index contributed by atoms with van der Waals surface area (Å²) in [4.78, 5) is 17.5. The highest BCUT2D eigenvalue weighted by Crippen LogP contribution is 2.28. The monoisotopic (exact) mass is 371 g/mol. The molecule has 0 spiro atoms. The van der Waals surface area contributed by atoms with Crippen LogP contribution in [0.25, 0.3) is 11.0 Å². The topological polar surface area (TPSA) is 61.3 Å². The highest BCUT2D eigenvalue weighted by molar-refractivity contribution is 6.31. The van der Waals surface area contributed by atoms with E-state index in [1.807, 2.05) is 47.0 Å². The third kappa shape index (κ3) is 3.30. The fourth-order valence-electron chi connectivity index (χ4n) is 3.89. The van der Waals surface area contributed by atoms with Gasteiger partial charge in [0.1, 0.15) is 0 Å². The number of halogens is 1. The van der Waals surface area contributed by atoms with Gasteiger partial charge in [0.25, 0.3) is 0 Å². The van der Waals surface area contributed by atoms with Gasteiger partial charge in [-0.1, -0.05) is 41.9 Å². The Bertz CT molecular complexity index is 957. The lowest BCUT2D eigenvalue weighted by Gasteiger charge is -2.33. The van der Waals surface area contributed by atoms with Crippen molar-refractivity contribution in [3.8, 4) is 0 Å². The van der Waals surface area contributed by atoms with Gasteiger partial charge < -0.3 is 15.0 Å². The SMILES string of the molecule is O=c1[nH]c2ccccc2n1C1CCN(CC(O)c2ccccc2Cl)CC1. The first-order chi connectivity index (χ1) is 12.6. The molecule has 0 saturated carbocycles. The predicted molar refractivity (Wildman–Crippen MR) is 104 cm³/mol. The summed E-state index contributed by atoms with van der Waals surface area (Å²) in [5, 5.41) is 11.1. The van der Waals surface area contributed by atoms with Crippen molar-refractivity contribution in [1.82, 2.24) is 14.5 Å². The number of β-amino-alcohol motifs (C(OH)–C–C–N with tert-alkyl or cyclic N) is 1. The highest BCUT2D eigenvalue weighted by atomic mass is 35.5. The molecule has 1 fully saturated rings. The van der Waals surface area contributed by atoms with Gasteiger partial charge in [-0.2, -0.15) is 0 Å². The third-order valence-electron chi connectivity index (χ3n) is 5.24. The van der Waals surface area contributed by atoms with Crippen molar-refractivity contribution < 1.29 is 5.11 Å². The fourth-order valence-corrected chi connectivity index (χ4v) is 4.15. The molecule has 136 valence electrons. The molecule has 2 N–H and O–H groups in total. The van der Waals surface area contributed by atoms with Crippen LogP contribution in [0.2, 0.25) is 5.02 Å². The van der Waals surface area contributed by atoms with Crippen LogP contribution in [0.3, 0.4) is 0 Å². The highest BCUT2D eigenvalue weighted by Gasteiger charge is 2.25. The van der Waals surface area contributed by atoms with E-state index in [1.165, 1.54) is 0 Å². The summed E-state index contributed by atoms with van der Waals surface area (Å²) in [6.45, 7) is 2.25. The van der Waals surface area contributed by atoms with Gasteiger partial charge in [-0.15, -0.1) is 0 Å². The minimum atomic E-state index is -0.601. The standard InChI is InChI=1S/C20H22ClN3O2/c21-16-6-2-1-5-15(16)19(25)13-23-11-9-14(10-12-23)24-18-8-4-3-7-17(18)22-20(24)26/h1-8,14,19,25H,9-13H2,(H,22,26). The van der Waals surface area contributed by atoms with Crippen molar-refractivity contribution in [2.75, 3.05) is 19.6 Å². The molecule has 1 unspecified atom stereocenters. The number of aliphatic hydroxyl groups is 1. The molecule has 1 saturated heterocycles. The first-order valence-electron chi connectivity index (χ1n) is 8.97. The molecule has 0 radical (unpaired) electrons. The van der Waals surface area contributed by atoms with E-state index in [0.29, 0.717) is 11.6 Å². The molecule has 1 aliphatic rings. The Balaban J connectivity index is 1.43. The first kappa shape index (κ1) is 17.3. The molecule has 6 heteroatoms. The number of aromatic amines is 1. The second-order valence-corrected chi connectivity index (χ2v) is 7.29. The van der Waals surface area contributed by atoms with Crippen LogP contribution in [-0.4, -0.2) is 39.2 Å². The molecular weight excluding hydrogens is 350 g/mol. The van der Waals surface area contributed by atoms with Crippen LogP contribution in [0.4, 0.5) is 0 Å². The molecule has 2 heterocycles. The number of likely N-dealkylation sites (tertiary alicyclic amines) is 1. The quantitative estimate of drug-likeness (QED) is 0.739. The Morgan fingerprint density at radius 1 is 1.12 bits per heavy atom. The number of aliphatic hydroxyl groups excluding tert-OH is 1. The number of benzene rings is 2. The zero-order valence-corrected chi connectivity index (χ0v) is 15.2. The molecule has 3 aromatic rings. The average molecular weight is 372 g/mol. The van der Waals surface area contributed by atoms with E-state index in [1.54, 1.807) is 6.07 Å². The van der Waals surface area contributed by atoms with Crippen LogP contribution >= 0.6 is 11.6 Å². The summed E-state index contributed by atoms with van der Waals surface area (Å²) in [7, 11) is 0. The second-order valence-electron chi connectivity index (χ2n) is 6.89. The lowest BCUT2D eigenvalue weighted by Crippen LogP contribution is -2.39. The van der Waals surface area contributed by atoms with Crippen molar-refractivity contribution in [2.45, 2.75) is 25.0 Å². The van der Waals surface area contributed by atoms with Crippen LogP contribution in [-0.2, 0) is 0 Å². The molecule has 0 aliphatic carbocycles. The van der Waals surface area contributed by atoms with Crippen LogP contribution in [0, 0.1) is 0 Å². The van der Waals surface area contributed by atoms with E-state index in [2.05, 4.69) is 9.88 Å². The normalized spacial score (nSPS) is 17.6. The number of aromatic nitrogens is 2. The summed E-state index contributed by atoms with van der Waals surface area (Å²) < 4.78 is 1.89. The lowest BCUT2D eigenvalue weighted by molar-refractivity contribution is 0.0907. The maximum atomic E-state index is 12.4. The molecule has 26 heavy (non-hydrogen) atoms. The van der Waals surface area contributed by atoms with E-state index in [9.17, 15) is 9.90 Å². The zero-order chi connectivity index (χ0) is 18.1. The number of hydrogen-bond acceptors (Lipinski definition) is 3. The van der Waals surface area contributed by atoms with Gasteiger partial charge in [-0.3, -0.25) is 4.57 Å². The summed E-state index contributed by atoms with van der Waals surface area (Å²) in [5.74, 6) is 0. The van der Waals surface area contributed by atoms with Crippen LogP contribution in [0.15, 0.2) is 53.3 Å². The van der Waals surface area contributed by atoms with Crippen molar-refractivity contribution in [1.29, 1.82) is 0 Å². The van der Waals surface area contributed by atoms with Crippen LogP contribution < -0.4 is 5.69 Å². The van der Waals surface area contributed by atoms with Crippen molar-refractivity contribution >= 4 is 22.6 Å². The number of nitrogens with zero attached hydrogens (tertiary/aromatic N) is 2. The number of rotatable bonds is 4. The number of piperidine rings is 1. The summed E-state index contributed by atoms with van der Waals surface area (Å²) in [6, 6.07) is 15.4. The Morgan fingerprint density at radius 3 is 2.58 bits per heavy atom. The number of H-pyrrole nitrogens is 1. The zero-order valence-electron chi connectivity index (χ0n) is 14.4. The predicted octanol–water partition coefficient (Wildman–Crippen LogP) is 3.35. The van der Waals surface area contributed by atoms with E-state index < -0.39 is 6.10 Å². The minimum Gasteiger partial charge on any atom is -0.387 e. The number of hydrogen-bond donors (Lipinski definition) is 2. The first-order valence-corrected chi connectivity index (χ1v) is 9.35. The molecule has 1 aromatic heterocycles. The molecule has 1 aliphatic heterocycles. The van der Waals surface area contributed by atoms with E-state index in [0.717, 1.165) is 42.5 Å². The largest absolute Gasteiger partial charge is 0.387 e. The Hall–Kier alpha value is -2.08. The van der Waals surface area contributed by atoms with Crippen molar-refractivity contribution in [3.63, 3.8) is 0 Å². The fraction of sp³-hybridized carbons (Fsp3) is 0.350. The molecule has 4 rings (SSSR count). The molecule has 1 atom stereocenters. The summed E-state index contributed by atoms with van der Waals surface area (Å²) >= 11 is 6.18. The van der Waals surface area contributed by atoms with E-state index in [4.69, 9.17) is 11.6 Å². The van der Waals surface area contributed by atoms with Crippen LogP contribution in [0.1, 0.15) is 30.6 Å². The van der Waals surface area contributed by atoms with Gasteiger partial charge >= 0.3 is 5.69 Å². The molecule has 5 nitrogen and oxygen atoms in total. The van der Waals surface area contributed by atoms with E-state index >= 15 is 0 Å². The smallest absolute Gasteiger partial charge is 0.326 e. The average Bonchev–Trinajstić information content (AvgIpc) is 2.98. The summed E-state index contributed by atoms with van der Waals surface area (Å²) in [6.07, 6.45) is 1.17. The van der Waals surface area contributed by atoms with Gasteiger partial charge in [0.2, 0.25) is 0 Å². The lowest BCUT2D eigenvalue weighted by atomic mass is 10.0. The van der Waals surface area contributed by atoms with Crippen molar-refractivity contribution in [2.24, 2.45) is 0 Å². The van der Waals surface area contributed by atoms with Gasteiger partial charge in [-0.25, -0.2) is 4.79 Å². The van der Waals surface area contributed by atoms with Crippen LogP contribution in [0.5, 0.6) is 0 Å². The maximum Gasteiger partial charge on any atom is 0.326 e. The van der Waals surface area contributed by atoms with Gasteiger partial charge in [0, 0.05) is 36.3 Å². The van der Waals surface area contributed by atoms with E-state index in [-0.39, 0.29) is 11.7 Å². The number of fused-ring (bicyclic) bond motifs is 1. The number of para-hydroxylation sites is 2. The third-order valence-corrected chi connectivity index (χ3v) is 5.59. The molecule has 0 bridgehead atoms. The van der Waals surface area contributed by atoms with Gasteiger partial charge in [0.05, 0.1) is 17.1 Å². The summed E-state index contributed by atoms with van der Waals surface area (Å²) in [5.41, 5.74) is 2.58.